The van der Waals surface area contributed by atoms with Gasteiger partial charge in [0.15, 0.2) is 6.61 Å². The maximum atomic E-state index is 11.8. The Balaban J connectivity index is 1.81. The Bertz CT molecular complexity index is 658. The molecule has 0 saturated heterocycles. The number of amides is 1. The topological polar surface area (TPSA) is 79.2 Å². The van der Waals surface area contributed by atoms with E-state index in [4.69, 9.17) is 16.3 Å². The van der Waals surface area contributed by atoms with Gasteiger partial charge in [-0.3, -0.25) is 4.79 Å². The number of nitriles is 1. The molecule has 1 aromatic carbocycles. The summed E-state index contributed by atoms with van der Waals surface area (Å²) in [6.45, 7) is -0.408. The lowest BCUT2D eigenvalue weighted by Crippen LogP contribution is -2.46. The quantitative estimate of drug-likeness (QED) is 0.664. The highest BCUT2D eigenvalue weighted by atomic mass is 35.5. The molecule has 1 aliphatic rings. The molecule has 120 valence electrons. The predicted molar refractivity (Wildman–Crippen MR) is 86.4 cm³/mol. The molecular formula is C17H17ClN2O3. The molecule has 1 aromatic rings. The number of nitrogens with zero attached hydrogens (tertiary/aromatic N) is 1. The van der Waals surface area contributed by atoms with Crippen molar-refractivity contribution in [1.82, 2.24) is 5.32 Å². The van der Waals surface area contributed by atoms with E-state index in [2.05, 4.69) is 11.4 Å². The highest BCUT2D eigenvalue weighted by Gasteiger charge is 2.35. The van der Waals surface area contributed by atoms with Gasteiger partial charge in [-0.1, -0.05) is 29.8 Å². The maximum Gasteiger partial charge on any atom is 0.331 e. The molecule has 0 atom stereocenters. The van der Waals surface area contributed by atoms with Crippen LogP contribution in [0.25, 0.3) is 6.08 Å². The van der Waals surface area contributed by atoms with Gasteiger partial charge in [-0.05, 0) is 43.4 Å². The zero-order chi connectivity index (χ0) is 16.7. The molecule has 23 heavy (non-hydrogen) atoms. The van der Waals surface area contributed by atoms with Crippen molar-refractivity contribution in [2.24, 2.45) is 0 Å². The Morgan fingerprint density at radius 2 is 2.04 bits per heavy atom. The molecular weight excluding hydrogens is 316 g/mol. The van der Waals surface area contributed by atoms with Crippen LogP contribution in [0.2, 0.25) is 5.02 Å². The summed E-state index contributed by atoms with van der Waals surface area (Å²) >= 11 is 5.96. The van der Waals surface area contributed by atoms with Crippen LogP contribution in [0.4, 0.5) is 0 Å². The van der Waals surface area contributed by atoms with Gasteiger partial charge >= 0.3 is 5.97 Å². The van der Waals surface area contributed by atoms with E-state index in [0.717, 1.165) is 12.8 Å². The number of rotatable bonds is 5. The highest BCUT2D eigenvalue weighted by Crippen LogP contribution is 2.28. The van der Waals surface area contributed by atoms with Gasteiger partial charge in [0.1, 0.15) is 5.54 Å². The van der Waals surface area contributed by atoms with Crippen molar-refractivity contribution in [1.29, 1.82) is 5.26 Å². The lowest BCUT2D eigenvalue weighted by atomic mass is 10.00. The zero-order valence-electron chi connectivity index (χ0n) is 12.5. The molecule has 1 saturated carbocycles. The van der Waals surface area contributed by atoms with E-state index >= 15 is 0 Å². The highest BCUT2D eigenvalue weighted by molar-refractivity contribution is 6.32. The second-order valence-electron chi connectivity index (χ2n) is 5.41. The molecule has 0 aliphatic heterocycles. The van der Waals surface area contributed by atoms with Crippen molar-refractivity contribution in [3.8, 4) is 6.07 Å². The Morgan fingerprint density at radius 1 is 1.35 bits per heavy atom. The maximum absolute atomic E-state index is 11.8. The van der Waals surface area contributed by atoms with E-state index in [1.807, 2.05) is 0 Å². The van der Waals surface area contributed by atoms with Crippen molar-refractivity contribution in [2.75, 3.05) is 6.61 Å². The normalized spacial score (nSPS) is 16.0. The number of carbonyl (C=O) groups is 2. The fourth-order valence-electron chi connectivity index (χ4n) is 2.50. The average Bonchev–Trinajstić information content (AvgIpc) is 3.01. The van der Waals surface area contributed by atoms with Crippen molar-refractivity contribution >= 4 is 29.6 Å². The number of esters is 1. The van der Waals surface area contributed by atoms with Crippen LogP contribution in [0.15, 0.2) is 30.3 Å². The number of carbonyl (C=O) groups excluding carboxylic acids is 2. The van der Waals surface area contributed by atoms with Crippen molar-refractivity contribution in [3.05, 3.63) is 40.9 Å². The van der Waals surface area contributed by atoms with Gasteiger partial charge in [0, 0.05) is 11.1 Å². The number of halogens is 1. The largest absolute Gasteiger partial charge is 0.452 e. The second kappa shape index (κ2) is 7.80. The minimum absolute atomic E-state index is 0.408. The first-order valence-electron chi connectivity index (χ1n) is 7.36. The zero-order valence-corrected chi connectivity index (χ0v) is 13.3. The van der Waals surface area contributed by atoms with Gasteiger partial charge in [0.2, 0.25) is 0 Å². The smallest absolute Gasteiger partial charge is 0.331 e. The molecule has 1 aliphatic carbocycles. The first-order chi connectivity index (χ1) is 11.0. The Hall–Kier alpha value is -2.32. The van der Waals surface area contributed by atoms with Gasteiger partial charge < -0.3 is 10.1 Å². The second-order valence-corrected chi connectivity index (χ2v) is 5.82. The van der Waals surface area contributed by atoms with Crippen LogP contribution in [0, 0.1) is 11.3 Å². The monoisotopic (exact) mass is 332 g/mol. The van der Waals surface area contributed by atoms with E-state index in [-0.39, 0.29) is 0 Å². The Morgan fingerprint density at radius 3 is 2.70 bits per heavy atom. The van der Waals surface area contributed by atoms with E-state index in [9.17, 15) is 14.9 Å². The van der Waals surface area contributed by atoms with Crippen LogP contribution < -0.4 is 5.32 Å². The first-order valence-corrected chi connectivity index (χ1v) is 7.74. The number of hydrogen-bond acceptors (Lipinski definition) is 4. The van der Waals surface area contributed by atoms with Gasteiger partial charge in [0.25, 0.3) is 5.91 Å². The van der Waals surface area contributed by atoms with Gasteiger partial charge in [-0.2, -0.15) is 5.26 Å². The molecule has 0 bridgehead atoms. The van der Waals surface area contributed by atoms with Gasteiger partial charge in [-0.15, -0.1) is 0 Å². The number of hydrogen-bond donors (Lipinski definition) is 1. The fraction of sp³-hybridized carbons (Fsp3) is 0.353. The SMILES string of the molecule is N#CC1(NC(=O)COC(=O)/C=C/c2ccccc2Cl)CCCC1. The Kier molecular flexibility index (Phi) is 5.78. The van der Waals surface area contributed by atoms with Crippen LogP contribution in [0.3, 0.4) is 0 Å². The summed E-state index contributed by atoms with van der Waals surface area (Å²) in [5.41, 5.74) is -0.123. The molecule has 0 spiro atoms. The fourth-order valence-corrected chi connectivity index (χ4v) is 2.70. The molecule has 1 N–H and O–H groups in total. The molecule has 0 heterocycles. The summed E-state index contributed by atoms with van der Waals surface area (Å²) in [6.07, 6.45) is 5.83. The third-order valence-corrected chi connectivity index (χ3v) is 4.04. The van der Waals surface area contributed by atoms with Gasteiger partial charge in [0.05, 0.1) is 6.07 Å². The molecule has 2 rings (SSSR count). The summed E-state index contributed by atoms with van der Waals surface area (Å²) in [5.74, 6) is -1.11. The standard InChI is InChI=1S/C17H17ClN2O3/c18-14-6-2-1-5-13(14)7-8-16(22)23-11-15(21)20-17(12-19)9-3-4-10-17/h1-2,5-8H,3-4,9-11H2,(H,20,21)/b8-7+. The van der Waals surface area contributed by atoms with E-state index in [1.54, 1.807) is 24.3 Å². The third kappa shape index (κ3) is 4.83. The van der Waals surface area contributed by atoms with E-state index in [0.29, 0.717) is 23.4 Å². The summed E-state index contributed by atoms with van der Waals surface area (Å²) in [6, 6.07) is 9.21. The van der Waals surface area contributed by atoms with Crippen LogP contribution in [0.5, 0.6) is 0 Å². The minimum Gasteiger partial charge on any atom is -0.452 e. The number of ether oxygens (including phenoxy) is 1. The van der Waals surface area contributed by atoms with Crippen LogP contribution in [-0.2, 0) is 14.3 Å². The summed E-state index contributed by atoms with van der Waals surface area (Å²) in [7, 11) is 0. The van der Waals surface area contributed by atoms with Crippen LogP contribution in [0.1, 0.15) is 31.2 Å². The molecule has 1 fully saturated rings. The Labute approximate surface area is 139 Å². The predicted octanol–water partition coefficient (Wildman–Crippen LogP) is 2.85. The van der Waals surface area contributed by atoms with Gasteiger partial charge in [-0.25, -0.2) is 4.79 Å². The molecule has 6 heteroatoms. The molecule has 1 amide bonds. The van der Waals surface area contributed by atoms with Crippen molar-refractivity contribution in [3.63, 3.8) is 0 Å². The van der Waals surface area contributed by atoms with Crippen molar-refractivity contribution < 1.29 is 14.3 Å². The van der Waals surface area contributed by atoms with Crippen LogP contribution in [-0.4, -0.2) is 24.0 Å². The summed E-state index contributed by atoms with van der Waals surface area (Å²) in [4.78, 5) is 23.4. The summed E-state index contributed by atoms with van der Waals surface area (Å²) in [5, 5.41) is 12.4. The summed E-state index contributed by atoms with van der Waals surface area (Å²) < 4.78 is 4.87. The van der Waals surface area contributed by atoms with E-state index in [1.165, 1.54) is 12.2 Å². The molecule has 0 radical (unpaired) electrons. The minimum atomic E-state index is -0.809. The molecule has 0 aromatic heterocycles. The third-order valence-electron chi connectivity index (χ3n) is 3.70. The van der Waals surface area contributed by atoms with Crippen LogP contribution >= 0.6 is 11.6 Å². The molecule has 5 nitrogen and oxygen atoms in total. The lowest BCUT2D eigenvalue weighted by Gasteiger charge is -2.21. The number of benzene rings is 1. The van der Waals surface area contributed by atoms with E-state index < -0.39 is 24.0 Å². The average molecular weight is 333 g/mol. The molecule has 0 unspecified atom stereocenters. The van der Waals surface area contributed by atoms with Crippen molar-refractivity contribution in [2.45, 2.75) is 31.2 Å². The first kappa shape index (κ1) is 17.0. The lowest BCUT2D eigenvalue weighted by molar-refractivity contribution is -0.144. The number of nitrogens with one attached hydrogen (secondary N) is 1.